The Morgan fingerprint density at radius 2 is 1.10 bits per heavy atom. The average Bonchev–Trinajstić information content (AvgIpc) is 2.83. The minimum absolute atomic E-state index is 0.617. The van der Waals surface area contributed by atoms with E-state index in [1.807, 2.05) is 54.7 Å². The van der Waals surface area contributed by atoms with Gasteiger partial charge in [0.05, 0.1) is 22.2 Å². The number of benzene rings is 3. The highest BCUT2D eigenvalue weighted by molar-refractivity contribution is 6.04. The molecule has 0 bridgehead atoms. The van der Waals surface area contributed by atoms with Crippen LogP contribution in [-0.2, 0) is 0 Å². The minimum atomic E-state index is 0.617. The molecule has 0 radical (unpaired) electrons. The molecule has 0 N–H and O–H groups in total. The molecule has 0 amide bonds. The van der Waals surface area contributed by atoms with Crippen LogP contribution >= 0.6 is 0 Å². The summed E-state index contributed by atoms with van der Waals surface area (Å²) in [7, 11) is 0. The second-order valence-corrected chi connectivity index (χ2v) is 7.22. The van der Waals surface area contributed by atoms with Crippen molar-refractivity contribution in [3.8, 4) is 22.8 Å². The van der Waals surface area contributed by atoms with Crippen LogP contribution in [-0.4, -0.2) is 19.9 Å². The van der Waals surface area contributed by atoms with Crippen LogP contribution in [0.25, 0.3) is 55.5 Å². The second-order valence-electron chi connectivity index (χ2n) is 7.22. The lowest BCUT2D eigenvalue weighted by Gasteiger charge is -2.08. The van der Waals surface area contributed by atoms with Crippen molar-refractivity contribution in [1.29, 1.82) is 0 Å². The Morgan fingerprint density at radius 3 is 1.90 bits per heavy atom. The van der Waals surface area contributed by atoms with Gasteiger partial charge in [0.2, 0.25) is 0 Å². The largest absolute Gasteiger partial charge is 0.245 e. The van der Waals surface area contributed by atoms with Gasteiger partial charge in [0.15, 0.2) is 5.82 Å². The summed E-state index contributed by atoms with van der Waals surface area (Å²) in [6, 6.07) is 30.5. The highest BCUT2D eigenvalue weighted by atomic mass is 14.9. The van der Waals surface area contributed by atoms with E-state index < -0.39 is 0 Å². The van der Waals surface area contributed by atoms with Crippen molar-refractivity contribution in [2.45, 2.75) is 0 Å². The zero-order valence-electron chi connectivity index (χ0n) is 16.0. The van der Waals surface area contributed by atoms with Gasteiger partial charge in [-0.3, -0.25) is 0 Å². The smallest absolute Gasteiger partial charge is 0.178 e. The van der Waals surface area contributed by atoms with Crippen LogP contribution in [0.15, 0.2) is 97.2 Å². The average molecular weight is 384 g/mol. The maximum absolute atomic E-state index is 4.96. The van der Waals surface area contributed by atoms with Gasteiger partial charge in [-0.15, -0.1) is 0 Å². The van der Waals surface area contributed by atoms with E-state index in [-0.39, 0.29) is 0 Å². The highest BCUT2D eigenvalue weighted by Crippen LogP contribution is 2.28. The van der Waals surface area contributed by atoms with Gasteiger partial charge in [-0.1, -0.05) is 72.8 Å². The Bertz CT molecular complexity index is 1540. The predicted molar refractivity (Wildman–Crippen MR) is 121 cm³/mol. The van der Waals surface area contributed by atoms with Crippen LogP contribution in [0.2, 0.25) is 0 Å². The lowest BCUT2D eigenvalue weighted by atomic mass is 10.1. The quantitative estimate of drug-likeness (QED) is 0.341. The van der Waals surface area contributed by atoms with Gasteiger partial charge in [-0.05, 0) is 18.2 Å². The van der Waals surface area contributed by atoms with Crippen LogP contribution in [0, 0.1) is 0 Å². The topological polar surface area (TPSA) is 51.6 Å². The van der Waals surface area contributed by atoms with E-state index in [1.54, 1.807) is 0 Å². The minimum Gasteiger partial charge on any atom is -0.245 e. The summed E-state index contributed by atoms with van der Waals surface area (Å²) in [6.45, 7) is 0. The summed E-state index contributed by atoms with van der Waals surface area (Å²) in [4.78, 5) is 19.1. The zero-order chi connectivity index (χ0) is 19.9. The zero-order valence-corrected chi connectivity index (χ0v) is 16.0. The van der Waals surface area contributed by atoms with E-state index in [4.69, 9.17) is 15.0 Å². The number of fused-ring (bicyclic) bond motifs is 4. The molecule has 4 nitrogen and oxygen atoms in total. The molecule has 0 aliphatic rings. The summed E-state index contributed by atoms with van der Waals surface area (Å²) >= 11 is 0. The Balaban J connectivity index is 1.57. The summed E-state index contributed by atoms with van der Waals surface area (Å²) in [6.07, 6.45) is 1.85. The molecule has 3 heterocycles. The number of aromatic nitrogens is 4. The molecule has 0 fully saturated rings. The van der Waals surface area contributed by atoms with Crippen molar-refractivity contribution < 1.29 is 0 Å². The maximum Gasteiger partial charge on any atom is 0.178 e. The predicted octanol–water partition coefficient (Wildman–Crippen LogP) is 6.06. The fourth-order valence-electron chi connectivity index (χ4n) is 3.76. The number of pyridine rings is 2. The molecule has 0 atom stereocenters. The number of nitrogens with zero attached hydrogens (tertiary/aromatic N) is 4. The monoisotopic (exact) mass is 384 g/mol. The molecule has 3 aromatic carbocycles. The van der Waals surface area contributed by atoms with Gasteiger partial charge >= 0.3 is 0 Å². The fourth-order valence-corrected chi connectivity index (χ4v) is 3.76. The van der Waals surface area contributed by atoms with Crippen LogP contribution in [0.5, 0.6) is 0 Å². The van der Waals surface area contributed by atoms with E-state index >= 15 is 0 Å². The molecule has 30 heavy (non-hydrogen) atoms. The Hall–Kier alpha value is -4.18. The van der Waals surface area contributed by atoms with E-state index in [0.717, 1.165) is 49.7 Å². The molecule has 6 aromatic rings. The standard InChI is InChI=1S/C26H16N4/c1-2-6-17(7-3-1)22-14-12-18-10-11-19-13-15-23(29-25(19)24(18)28-22)26-27-16-20-8-4-5-9-21(20)30-26/h1-16H. The third-order valence-corrected chi connectivity index (χ3v) is 5.31. The Kier molecular flexibility index (Phi) is 3.74. The molecule has 0 spiro atoms. The maximum atomic E-state index is 4.96. The third kappa shape index (κ3) is 2.78. The first-order valence-electron chi connectivity index (χ1n) is 9.83. The highest BCUT2D eigenvalue weighted by Gasteiger charge is 2.10. The van der Waals surface area contributed by atoms with Gasteiger partial charge in [0.1, 0.15) is 5.69 Å². The summed E-state index contributed by atoms with van der Waals surface area (Å²) in [5.41, 5.74) is 5.42. The fraction of sp³-hybridized carbons (Fsp3) is 0. The summed E-state index contributed by atoms with van der Waals surface area (Å²) < 4.78 is 0. The first-order valence-corrected chi connectivity index (χ1v) is 9.83. The number of hydrogen-bond donors (Lipinski definition) is 0. The van der Waals surface area contributed by atoms with Crippen molar-refractivity contribution in [2.24, 2.45) is 0 Å². The van der Waals surface area contributed by atoms with E-state index in [0.29, 0.717) is 5.82 Å². The number of hydrogen-bond acceptors (Lipinski definition) is 4. The van der Waals surface area contributed by atoms with E-state index in [2.05, 4.69) is 47.4 Å². The van der Waals surface area contributed by atoms with Crippen molar-refractivity contribution in [1.82, 2.24) is 19.9 Å². The SMILES string of the molecule is c1ccc(-c2ccc3ccc4ccc(-c5ncc6ccccc6n5)nc4c3n2)cc1. The number of rotatable bonds is 2. The van der Waals surface area contributed by atoms with E-state index in [9.17, 15) is 0 Å². The van der Waals surface area contributed by atoms with Crippen LogP contribution < -0.4 is 0 Å². The van der Waals surface area contributed by atoms with Crippen LogP contribution in [0.4, 0.5) is 0 Å². The molecule has 3 aromatic heterocycles. The molecule has 0 saturated heterocycles. The molecule has 4 heteroatoms. The normalized spacial score (nSPS) is 11.3. The van der Waals surface area contributed by atoms with Crippen LogP contribution in [0.3, 0.4) is 0 Å². The van der Waals surface area contributed by atoms with Gasteiger partial charge in [0.25, 0.3) is 0 Å². The van der Waals surface area contributed by atoms with Gasteiger partial charge in [-0.25, -0.2) is 19.9 Å². The molecule has 140 valence electrons. The van der Waals surface area contributed by atoms with Crippen molar-refractivity contribution in [2.75, 3.05) is 0 Å². The molecule has 0 aliphatic heterocycles. The Morgan fingerprint density at radius 1 is 0.467 bits per heavy atom. The first-order chi connectivity index (χ1) is 14.8. The first kappa shape index (κ1) is 16.7. The molecule has 0 saturated carbocycles. The molecular weight excluding hydrogens is 368 g/mol. The third-order valence-electron chi connectivity index (χ3n) is 5.31. The molecular formula is C26H16N4. The lowest BCUT2D eigenvalue weighted by Crippen LogP contribution is -1.94. The van der Waals surface area contributed by atoms with E-state index in [1.165, 1.54) is 0 Å². The number of para-hydroxylation sites is 1. The molecule has 6 rings (SSSR count). The van der Waals surface area contributed by atoms with Crippen molar-refractivity contribution >= 4 is 32.7 Å². The summed E-state index contributed by atoms with van der Waals surface area (Å²) in [5, 5.41) is 3.12. The van der Waals surface area contributed by atoms with Crippen molar-refractivity contribution in [3.05, 3.63) is 97.2 Å². The Labute approximate surface area is 172 Å². The van der Waals surface area contributed by atoms with Gasteiger partial charge in [-0.2, -0.15) is 0 Å². The summed E-state index contributed by atoms with van der Waals surface area (Å²) in [5.74, 6) is 0.617. The second kappa shape index (κ2) is 6.71. The molecule has 0 aliphatic carbocycles. The lowest BCUT2D eigenvalue weighted by molar-refractivity contribution is 1.19. The van der Waals surface area contributed by atoms with Gasteiger partial charge in [0, 0.05) is 27.9 Å². The molecule has 0 unspecified atom stereocenters. The van der Waals surface area contributed by atoms with Gasteiger partial charge < -0.3 is 0 Å². The van der Waals surface area contributed by atoms with Crippen LogP contribution in [0.1, 0.15) is 0 Å². The van der Waals surface area contributed by atoms with Crippen molar-refractivity contribution in [3.63, 3.8) is 0 Å².